The summed E-state index contributed by atoms with van der Waals surface area (Å²) in [6, 6.07) is 6.32. The number of amides is 1. The molecule has 0 bridgehead atoms. The summed E-state index contributed by atoms with van der Waals surface area (Å²) in [4.78, 5) is 13.8. The number of hydrogen-bond donors (Lipinski definition) is 1. The number of carbonyl (C=O) groups is 1. The Morgan fingerprint density at radius 2 is 2.15 bits per heavy atom. The molecule has 0 aliphatic carbocycles. The van der Waals surface area contributed by atoms with Crippen molar-refractivity contribution in [1.82, 2.24) is 10.2 Å². The maximum atomic E-state index is 11.9. The van der Waals surface area contributed by atoms with Gasteiger partial charge in [0.2, 0.25) is 5.91 Å². The lowest BCUT2D eigenvalue weighted by molar-refractivity contribution is -0.122. The minimum absolute atomic E-state index is 0.0634. The summed E-state index contributed by atoms with van der Waals surface area (Å²) in [5, 5.41) is 2.97. The maximum absolute atomic E-state index is 11.9. The first-order valence-corrected chi connectivity index (χ1v) is 7.07. The Bertz CT molecular complexity index is 446. The van der Waals surface area contributed by atoms with E-state index in [-0.39, 0.29) is 11.9 Å². The molecule has 1 N–H and O–H groups in total. The second-order valence-corrected chi connectivity index (χ2v) is 5.36. The third-order valence-electron chi connectivity index (χ3n) is 3.31. The Hall–Kier alpha value is -1.55. The molecular formula is C16H26N2O2. The van der Waals surface area contributed by atoms with Crippen molar-refractivity contribution in [2.45, 2.75) is 39.8 Å². The summed E-state index contributed by atoms with van der Waals surface area (Å²) in [7, 11) is 3.61. The van der Waals surface area contributed by atoms with E-state index in [1.165, 1.54) is 5.56 Å². The van der Waals surface area contributed by atoms with Crippen LogP contribution < -0.4 is 10.1 Å². The van der Waals surface area contributed by atoms with Gasteiger partial charge >= 0.3 is 0 Å². The lowest BCUT2D eigenvalue weighted by atomic mass is 10.1. The second kappa shape index (κ2) is 7.90. The van der Waals surface area contributed by atoms with Crippen molar-refractivity contribution in [3.8, 4) is 5.75 Å². The Morgan fingerprint density at radius 3 is 2.75 bits per heavy atom. The van der Waals surface area contributed by atoms with Crippen molar-refractivity contribution >= 4 is 5.91 Å². The minimum atomic E-state index is 0.0634. The average molecular weight is 278 g/mol. The van der Waals surface area contributed by atoms with E-state index in [0.29, 0.717) is 13.1 Å². The Kier molecular flexibility index (Phi) is 6.52. The van der Waals surface area contributed by atoms with Crippen LogP contribution in [0.2, 0.25) is 0 Å². The first-order chi connectivity index (χ1) is 9.46. The van der Waals surface area contributed by atoms with Crippen LogP contribution in [0.4, 0.5) is 0 Å². The Labute approximate surface area is 122 Å². The molecule has 0 aromatic heterocycles. The highest BCUT2D eigenvalue weighted by atomic mass is 16.5. The molecule has 0 saturated carbocycles. The van der Waals surface area contributed by atoms with E-state index >= 15 is 0 Å². The number of nitrogens with zero attached hydrogens (tertiary/aromatic N) is 1. The summed E-state index contributed by atoms with van der Waals surface area (Å²) in [5.41, 5.74) is 2.30. The van der Waals surface area contributed by atoms with Crippen molar-refractivity contribution in [3.05, 3.63) is 29.3 Å². The van der Waals surface area contributed by atoms with Crippen LogP contribution in [-0.4, -0.2) is 37.6 Å². The number of methoxy groups -OCH3 is 1. The summed E-state index contributed by atoms with van der Waals surface area (Å²) < 4.78 is 5.36. The summed E-state index contributed by atoms with van der Waals surface area (Å²) in [6.07, 6.45) is 0.946. The molecule has 1 unspecified atom stereocenters. The fourth-order valence-corrected chi connectivity index (χ4v) is 2.05. The largest absolute Gasteiger partial charge is 0.496 e. The Balaban J connectivity index is 2.60. The zero-order valence-corrected chi connectivity index (χ0v) is 13.2. The molecule has 1 amide bonds. The normalized spacial score (nSPS) is 12.3. The van der Waals surface area contributed by atoms with Gasteiger partial charge in [-0.15, -0.1) is 0 Å². The van der Waals surface area contributed by atoms with Gasteiger partial charge in [-0.1, -0.05) is 24.6 Å². The monoisotopic (exact) mass is 278 g/mol. The third kappa shape index (κ3) is 5.21. The predicted molar refractivity (Wildman–Crippen MR) is 82.0 cm³/mol. The molecule has 0 fully saturated rings. The van der Waals surface area contributed by atoms with Gasteiger partial charge in [0.05, 0.1) is 13.7 Å². The van der Waals surface area contributed by atoms with Crippen LogP contribution in [0, 0.1) is 6.92 Å². The molecule has 4 heteroatoms. The van der Waals surface area contributed by atoms with Crippen molar-refractivity contribution in [2.24, 2.45) is 0 Å². The number of nitrogens with one attached hydrogen (secondary N) is 1. The number of ether oxygens (including phenoxy) is 1. The predicted octanol–water partition coefficient (Wildman–Crippen LogP) is 2.35. The molecule has 4 nitrogen and oxygen atoms in total. The minimum Gasteiger partial charge on any atom is -0.496 e. The van der Waals surface area contributed by atoms with Crippen LogP contribution in [0.15, 0.2) is 18.2 Å². The first kappa shape index (κ1) is 16.5. The van der Waals surface area contributed by atoms with E-state index in [1.807, 2.05) is 31.0 Å². The standard InChI is InChI=1S/C16H26N2O2/c1-6-13(3)17-16(19)11-18(4)10-14-9-12(2)7-8-15(14)20-5/h7-9,13H,6,10-11H2,1-5H3,(H,17,19). The highest BCUT2D eigenvalue weighted by Gasteiger charge is 2.11. The molecule has 1 aromatic rings. The van der Waals surface area contributed by atoms with Crippen molar-refractivity contribution < 1.29 is 9.53 Å². The van der Waals surface area contributed by atoms with Crippen molar-refractivity contribution in [1.29, 1.82) is 0 Å². The van der Waals surface area contributed by atoms with Crippen molar-refractivity contribution in [2.75, 3.05) is 20.7 Å². The molecule has 112 valence electrons. The lowest BCUT2D eigenvalue weighted by Gasteiger charge is -2.19. The fourth-order valence-electron chi connectivity index (χ4n) is 2.05. The number of benzene rings is 1. The van der Waals surface area contributed by atoms with Gasteiger partial charge in [-0.3, -0.25) is 9.69 Å². The van der Waals surface area contributed by atoms with Gasteiger partial charge in [0, 0.05) is 18.2 Å². The SMILES string of the molecule is CCC(C)NC(=O)CN(C)Cc1cc(C)ccc1OC. The van der Waals surface area contributed by atoms with Gasteiger partial charge in [0.25, 0.3) is 0 Å². The topological polar surface area (TPSA) is 41.6 Å². The van der Waals surface area contributed by atoms with E-state index in [9.17, 15) is 4.79 Å². The van der Waals surface area contributed by atoms with E-state index < -0.39 is 0 Å². The quantitative estimate of drug-likeness (QED) is 0.832. The van der Waals surface area contributed by atoms with E-state index in [0.717, 1.165) is 17.7 Å². The van der Waals surface area contributed by atoms with E-state index in [2.05, 4.69) is 25.2 Å². The van der Waals surface area contributed by atoms with E-state index in [4.69, 9.17) is 4.74 Å². The summed E-state index contributed by atoms with van der Waals surface area (Å²) in [5.74, 6) is 0.929. The van der Waals surface area contributed by atoms with Gasteiger partial charge in [-0.25, -0.2) is 0 Å². The molecule has 1 aromatic carbocycles. The number of hydrogen-bond acceptors (Lipinski definition) is 3. The average Bonchev–Trinajstić information content (AvgIpc) is 2.38. The lowest BCUT2D eigenvalue weighted by Crippen LogP contribution is -2.39. The smallest absolute Gasteiger partial charge is 0.234 e. The molecule has 0 aliphatic heterocycles. The molecule has 0 spiro atoms. The van der Waals surface area contributed by atoms with Gasteiger partial charge in [-0.2, -0.15) is 0 Å². The van der Waals surface area contributed by atoms with Gasteiger partial charge in [0.15, 0.2) is 0 Å². The summed E-state index contributed by atoms with van der Waals surface area (Å²) >= 11 is 0. The molecule has 20 heavy (non-hydrogen) atoms. The van der Waals surface area contributed by atoms with Crippen LogP contribution in [0.5, 0.6) is 5.75 Å². The van der Waals surface area contributed by atoms with Gasteiger partial charge in [0.1, 0.15) is 5.75 Å². The number of aryl methyl sites for hydroxylation is 1. The second-order valence-electron chi connectivity index (χ2n) is 5.36. The number of carbonyl (C=O) groups excluding carboxylic acids is 1. The van der Waals surface area contributed by atoms with Crippen LogP contribution in [0.25, 0.3) is 0 Å². The molecular weight excluding hydrogens is 252 g/mol. The molecule has 1 atom stereocenters. The van der Waals surface area contributed by atoms with Crippen LogP contribution >= 0.6 is 0 Å². The molecule has 0 aliphatic rings. The highest BCUT2D eigenvalue weighted by Crippen LogP contribution is 2.20. The summed E-state index contributed by atoms with van der Waals surface area (Å²) in [6.45, 7) is 7.21. The van der Waals surface area contributed by atoms with Crippen LogP contribution in [0.3, 0.4) is 0 Å². The first-order valence-electron chi connectivity index (χ1n) is 7.07. The zero-order chi connectivity index (χ0) is 15.1. The molecule has 1 rings (SSSR count). The number of rotatable bonds is 7. The van der Waals surface area contributed by atoms with Crippen LogP contribution in [0.1, 0.15) is 31.4 Å². The van der Waals surface area contributed by atoms with Gasteiger partial charge < -0.3 is 10.1 Å². The van der Waals surface area contributed by atoms with Crippen LogP contribution in [-0.2, 0) is 11.3 Å². The molecule has 0 radical (unpaired) electrons. The fraction of sp³-hybridized carbons (Fsp3) is 0.562. The molecule has 0 saturated heterocycles. The van der Waals surface area contributed by atoms with E-state index in [1.54, 1.807) is 7.11 Å². The zero-order valence-electron chi connectivity index (χ0n) is 13.2. The van der Waals surface area contributed by atoms with Crippen molar-refractivity contribution in [3.63, 3.8) is 0 Å². The third-order valence-corrected chi connectivity index (χ3v) is 3.31. The maximum Gasteiger partial charge on any atom is 0.234 e. The molecule has 0 heterocycles. The Morgan fingerprint density at radius 1 is 1.45 bits per heavy atom. The number of likely N-dealkylation sites (N-methyl/N-ethyl adjacent to an activating group) is 1. The highest BCUT2D eigenvalue weighted by molar-refractivity contribution is 5.78. The van der Waals surface area contributed by atoms with Gasteiger partial charge in [-0.05, 0) is 33.4 Å².